The standard InChI is InChI=1S/C10H11NO2/c1-7(11-8(2)12)9-4-3-5-10(13)6-9/h2-7,13H,1H3,(H,11,12). The summed E-state index contributed by atoms with van der Waals surface area (Å²) in [5, 5.41) is 11.7. The van der Waals surface area contributed by atoms with Crippen molar-refractivity contribution in [3.8, 4) is 5.75 Å². The lowest BCUT2D eigenvalue weighted by Crippen LogP contribution is -2.23. The molecule has 3 heteroatoms. The number of amides is 1. The van der Waals surface area contributed by atoms with Gasteiger partial charge in [0, 0.05) is 0 Å². The Kier molecular flexibility index (Phi) is 2.90. The fraction of sp³-hybridized carbons (Fsp3) is 0.200. The number of carbonyl (C=O) groups is 1. The van der Waals surface area contributed by atoms with Crippen molar-refractivity contribution < 1.29 is 9.90 Å². The molecule has 1 aromatic carbocycles. The van der Waals surface area contributed by atoms with Crippen LogP contribution >= 0.6 is 0 Å². The van der Waals surface area contributed by atoms with Crippen molar-refractivity contribution in [1.82, 2.24) is 5.32 Å². The quantitative estimate of drug-likeness (QED) is 0.715. The minimum absolute atomic E-state index is 0.177. The SMILES string of the molecule is [CH]C(=O)NC(C)c1cccc(O)c1. The summed E-state index contributed by atoms with van der Waals surface area (Å²) in [6, 6.07) is 6.48. The maximum Gasteiger partial charge on any atom is 0.225 e. The van der Waals surface area contributed by atoms with Crippen LogP contribution in [0.5, 0.6) is 5.75 Å². The van der Waals surface area contributed by atoms with Crippen LogP contribution in [0.3, 0.4) is 0 Å². The molecule has 0 aliphatic heterocycles. The predicted octanol–water partition coefficient (Wildman–Crippen LogP) is 1.28. The molecule has 2 N–H and O–H groups in total. The number of benzene rings is 1. The average molecular weight is 177 g/mol. The van der Waals surface area contributed by atoms with E-state index in [1.54, 1.807) is 31.2 Å². The summed E-state index contributed by atoms with van der Waals surface area (Å²) in [6.45, 7) is 6.75. The van der Waals surface area contributed by atoms with E-state index in [4.69, 9.17) is 12.0 Å². The molecule has 68 valence electrons. The molecule has 2 radical (unpaired) electrons. The topological polar surface area (TPSA) is 49.3 Å². The molecule has 0 aliphatic rings. The lowest BCUT2D eigenvalue weighted by molar-refractivity contribution is -0.117. The molecule has 0 spiro atoms. The largest absolute Gasteiger partial charge is 0.508 e. The fourth-order valence-electron chi connectivity index (χ4n) is 1.09. The molecule has 1 amide bonds. The maximum atomic E-state index is 10.5. The Bertz CT molecular complexity index is 310. The van der Waals surface area contributed by atoms with E-state index in [9.17, 15) is 4.79 Å². The van der Waals surface area contributed by atoms with Gasteiger partial charge in [-0.25, -0.2) is 0 Å². The van der Waals surface area contributed by atoms with Crippen LogP contribution in [0.4, 0.5) is 0 Å². The first-order valence-corrected chi connectivity index (χ1v) is 3.94. The number of hydrogen-bond acceptors (Lipinski definition) is 2. The molecular weight excluding hydrogens is 166 g/mol. The maximum absolute atomic E-state index is 10.5. The van der Waals surface area contributed by atoms with Crippen molar-refractivity contribution >= 4 is 5.91 Å². The van der Waals surface area contributed by atoms with Crippen LogP contribution in [0.25, 0.3) is 0 Å². The Morgan fingerprint density at radius 3 is 2.85 bits per heavy atom. The van der Waals surface area contributed by atoms with Gasteiger partial charge in [0.15, 0.2) is 0 Å². The summed E-state index contributed by atoms with van der Waals surface area (Å²) in [7, 11) is 0. The predicted molar refractivity (Wildman–Crippen MR) is 49.0 cm³/mol. The second-order valence-corrected chi connectivity index (χ2v) is 2.83. The van der Waals surface area contributed by atoms with Crippen LogP contribution in [0.15, 0.2) is 24.3 Å². The first kappa shape index (κ1) is 9.58. The van der Waals surface area contributed by atoms with Crippen molar-refractivity contribution in [3.05, 3.63) is 36.8 Å². The summed E-state index contributed by atoms with van der Waals surface area (Å²) < 4.78 is 0. The molecule has 0 bridgehead atoms. The molecule has 1 unspecified atom stereocenters. The summed E-state index contributed by atoms with van der Waals surface area (Å²) >= 11 is 0. The number of aromatic hydroxyl groups is 1. The van der Waals surface area contributed by atoms with Crippen LogP contribution in [-0.4, -0.2) is 11.0 Å². The number of phenolic OH excluding ortho intramolecular Hbond substituents is 1. The Morgan fingerprint density at radius 1 is 1.62 bits per heavy atom. The van der Waals surface area contributed by atoms with E-state index in [1.807, 2.05) is 0 Å². The van der Waals surface area contributed by atoms with Gasteiger partial charge >= 0.3 is 0 Å². The highest BCUT2D eigenvalue weighted by molar-refractivity contribution is 5.80. The van der Waals surface area contributed by atoms with E-state index >= 15 is 0 Å². The summed E-state index contributed by atoms with van der Waals surface area (Å²) in [4.78, 5) is 10.5. The van der Waals surface area contributed by atoms with Gasteiger partial charge in [-0.15, -0.1) is 0 Å². The number of phenols is 1. The van der Waals surface area contributed by atoms with Crippen molar-refractivity contribution in [2.24, 2.45) is 0 Å². The molecule has 1 atom stereocenters. The van der Waals surface area contributed by atoms with Crippen molar-refractivity contribution in [2.45, 2.75) is 13.0 Å². The van der Waals surface area contributed by atoms with E-state index in [1.165, 1.54) is 0 Å². The smallest absolute Gasteiger partial charge is 0.225 e. The normalized spacial score (nSPS) is 12.2. The fourth-order valence-corrected chi connectivity index (χ4v) is 1.09. The molecule has 3 nitrogen and oxygen atoms in total. The van der Waals surface area contributed by atoms with Crippen molar-refractivity contribution in [1.29, 1.82) is 0 Å². The molecule has 0 aliphatic carbocycles. The zero-order valence-electron chi connectivity index (χ0n) is 7.32. The monoisotopic (exact) mass is 177 g/mol. The second-order valence-electron chi connectivity index (χ2n) is 2.83. The molecule has 1 rings (SSSR count). The zero-order valence-corrected chi connectivity index (χ0v) is 7.32. The lowest BCUT2D eigenvalue weighted by atomic mass is 10.1. The van der Waals surface area contributed by atoms with E-state index in [0.717, 1.165) is 5.56 Å². The van der Waals surface area contributed by atoms with Gasteiger partial charge in [0.1, 0.15) is 5.75 Å². The number of hydrogen-bond donors (Lipinski definition) is 2. The molecule has 13 heavy (non-hydrogen) atoms. The van der Waals surface area contributed by atoms with Crippen molar-refractivity contribution in [3.63, 3.8) is 0 Å². The van der Waals surface area contributed by atoms with Gasteiger partial charge in [0.25, 0.3) is 0 Å². The van der Waals surface area contributed by atoms with Gasteiger partial charge in [-0.05, 0) is 24.6 Å². The Balaban J connectivity index is 2.76. The van der Waals surface area contributed by atoms with Crippen LogP contribution in [-0.2, 0) is 4.79 Å². The molecule has 0 fully saturated rings. The average Bonchev–Trinajstić information content (AvgIpc) is 2.03. The molecular formula is C10H11NO2. The molecule has 0 heterocycles. The van der Waals surface area contributed by atoms with Crippen LogP contribution in [0.1, 0.15) is 18.5 Å². The Morgan fingerprint density at radius 2 is 2.31 bits per heavy atom. The molecule has 0 saturated heterocycles. The van der Waals surface area contributed by atoms with Crippen molar-refractivity contribution in [2.75, 3.05) is 0 Å². The number of nitrogens with one attached hydrogen (secondary N) is 1. The second kappa shape index (κ2) is 3.94. The summed E-state index contributed by atoms with van der Waals surface area (Å²) in [5.74, 6) is -0.397. The Hall–Kier alpha value is -1.51. The van der Waals surface area contributed by atoms with Gasteiger partial charge in [0.05, 0.1) is 13.0 Å². The molecule has 1 aromatic rings. The van der Waals surface area contributed by atoms with Gasteiger partial charge in [-0.1, -0.05) is 12.1 Å². The third-order valence-corrected chi connectivity index (χ3v) is 1.73. The first-order chi connectivity index (χ1) is 6.09. The minimum atomic E-state index is -0.573. The highest BCUT2D eigenvalue weighted by Crippen LogP contribution is 2.17. The zero-order chi connectivity index (χ0) is 9.84. The molecule has 0 aromatic heterocycles. The number of carbonyl (C=O) groups excluding carboxylic acids is 1. The van der Waals surface area contributed by atoms with Gasteiger partial charge in [0.2, 0.25) is 5.91 Å². The number of rotatable bonds is 2. The van der Waals surface area contributed by atoms with Crippen LogP contribution < -0.4 is 5.32 Å². The summed E-state index contributed by atoms with van der Waals surface area (Å²) in [6.07, 6.45) is 0. The van der Waals surface area contributed by atoms with E-state index in [0.29, 0.717) is 0 Å². The highest BCUT2D eigenvalue weighted by atomic mass is 16.3. The van der Waals surface area contributed by atoms with Gasteiger partial charge in [-0.2, -0.15) is 0 Å². The van der Waals surface area contributed by atoms with Crippen LogP contribution in [0, 0.1) is 6.92 Å². The Labute approximate surface area is 77.4 Å². The van der Waals surface area contributed by atoms with Crippen LogP contribution in [0.2, 0.25) is 0 Å². The third kappa shape index (κ3) is 2.78. The highest BCUT2D eigenvalue weighted by Gasteiger charge is 2.06. The lowest BCUT2D eigenvalue weighted by Gasteiger charge is -2.12. The van der Waals surface area contributed by atoms with E-state index in [-0.39, 0.29) is 11.8 Å². The van der Waals surface area contributed by atoms with Gasteiger partial charge in [-0.3, -0.25) is 4.79 Å². The first-order valence-electron chi connectivity index (χ1n) is 3.94. The minimum Gasteiger partial charge on any atom is -0.508 e. The third-order valence-electron chi connectivity index (χ3n) is 1.73. The van der Waals surface area contributed by atoms with E-state index < -0.39 is 5.91 Å². The summed E-state index contributed by atoms with van der Waals surface area (Å²) in [5.41, 5.74) is 0.818. The van der Waals surface area contributed by atoms with Gasteiger partial charge < -0.3 is 10.4 Å². The van der Waals surface area contributed by atoms with E-state index in [2.05, 4.69) is 5.32 Å². The molecule has 0 saturated carbocycles.